The van der Waals surface area contributed by atoms with E-state index in [-0.39, 0.29) is 7.43 Å². The smallest absolute Gasteiger partial charge is 0.232 e. The summed E-state index contributed by atoms with van der Waals surface area (Å²) in [5.41, 5.74) is 2.84. The number of hydrogen-bond acceptors (Lipinski definition) is 10. The van der Waals surface area contributed by atoms with Gasteiger partial charge in [0.15, 0.2) is 23.0 Å². The first-order valence-electron chi connectivity index (χ1n) is 9.44. The van der Waals surface area contributed by atoms with Crippen LogP contribution in [0.3, 0.4) is 0 Å². The van der Waals surface area contributed by atoms with Crippen molar-refractivity contribution < 1.29 is 28.8 Å². The van der Waals surface area contributed by atoms with Crippen molar-refractivity contribution in [2.24, 2.45) is 0 Å². The third-order valence-corrected chi connectivity index (χ3v) is 4.43. The molecule has 4 aromatic rings. The maximum Gasteiger partial charge on any atom is 0.232 e. The van der Waals surface area contributed by atoms with Gasteiger partial charge in [-0.25, -0.2) is 15.0 Å². The van der Waals surface area contributed by atoms with E-state index in [1.807, 2.05) is 0 Å². The van der Waals surface area contributed by atoms with Gasteiger partial charge >= 0.3 is 0 Å². The first-order chi connectivity index (χ1) is 16.0. The molecule has 0 aliphatic rings. The van der Waals surface area contributed by atoms with Crippen molar-refractivity contribution in [1.82, 2.24) is 19.9 Å². The maximum atomic E-state index is 7.00. The maximum absolute atomic E-state index is 7.00. The molecule has 0 saturated carbocycles. The Balaban J connectivity index is 0.000000309. The summed E-state index contributed by atoms with van der Waals surface area (Å²) < 4.78 is 25.7. The predicted molar refractivity (Wildman–Crippen MR) is 132 cm³/mol. The van der Waals surface area contributed by atoms with Crippen LogP contribution < -0.4 is 23.7 Å². The first-order valence-corrected chi connectivity index (χ1v) is 9.82. The lowest BCUT2D eigenvalue weighted by Gasteiger charge is -2.08. The highest BCUT2D eigenvalue weighted by molar-refractivity contribution is 6.29. The van der Waals surface area contributed by atoms with Gasteiger partial charge in [-0.2, -0.15) is 0 Å². The van der Waals surface area contributed by atoms with E-state index in [0.29, 0.717) is 45.1 Å². The minimum absolute atomic E-state index is 0. The van der Waals surface area contributed by atoms with Gasteiger partial charge in [-0.15, -0.1) is 0 Å². The summed E-state index contributed by atoms with van der Waals surface area (Å²) in [7, 11) is 8.86. The van der Waals surface area contributed by atoms with Crippen LogP contribution in [0.15, 0.2) is 36.7 Å². The quantitative estimate of drug-likeness (QED) is 0.434. The van der Waals surface area contributed by atoms with Crippen LogP contribution in [0.1, 0.15) is 7.43 Å². The van der Waals surface area contributed by atoms with E-state index < -0.39 is 0 Å². The third kappa shape index (κ3) is 6.69. The van der Waals surface area contributed by atoms with E-state index in [4.69, 9.17) is 40.4 Å². The van der Waals surface area contributed by atoms with Crippen molar-refractivity contribution in [2.45, 2.75) is 7.43 Å². The van der Waals surface area contributed by atoms with Crippen LogP contribution in [0.4, 0.5) is 0 Å². The molecular weight excluding hydrogens is 464 g/mol. The molecule has 2 aromatic heterocycles. The van der Waals surface area contributed by atoms with Crippen LogP contribution in [-0.4, -0.2) is 67.7 Å². The van der Waals surface area contributed by atoms with Crippen LogP contribution in [-0.2, 0) is 0 Å². The summed E-state index contributed by atoms with van der Waals surface area (Å²) in [6.45, 7) is 0. The largest absolute Gasteiger partial charge is 0.493 e. The fourth-order valence-electron chi connectivity index (χ4n) is 2.74. The molecule has 0 fully saturated rings. The van der Waals surface area contributed by atoms with Crippen molar-refractivity contribution in [3.63, 3.8) is 0 Å². The molecule has 0 spiro atoms. The predicted octanol–water partition coefficient (Wildman–Crippen LogP) is 4.20. The average Bonchev–Trinajstić information content (AvgIpc) is 2.87. The SMILES string of the molecule is C.CO.COc1cc2ncc(Cl)nc2cc1OC.COc1cnc2cc(OC)c(OC)cc2n1. The van der Waals surface area contributed by atoms with Crippen molar-refractivity contribution >= 4 is 33.7 Å². The standard InChI is InChI=1S/C11H12N2O3.C10H9ClN2O2.CH4O.CH4/c1-14-9-4-7-8(5-10(9)15-2)13-11(16-3)6-12-7;1-14-8-3-6-7(4-9(8)15-2)13-10(11)5-12-6;1-2;/h4-6H,1-3H3;3-5H,1-2H3;2H,1H3;1H4. The molecule has 0 aliphatic heterocycles. The van der Waals surface area contributed by atoms with Gasteiger partial charge < -0.3 is 28.8 Å². The first kappa shape index (κ1) is 28.4. The molecule has 0 unspecified atom stereocenters. The fourth-order valence-corrected chi connectivity index (χ4v) is 2.88. The van der Waals surface area contributed by atoms with E-state index in [9.17, 15) is 0 Å². The summed E-state index contributed by atoms with van der Waals surface area (Å²) in [6, 6.07) is 7.05. The molecule has 34 heavy (non-hydrogen) atoms. The number of aliphatic hydroxyl groups excluding tert-OH is 1. The van der Waals surface area contributed by atoms with Gasteiger partial charge in [0.1, 0.15) is 5.15 Å². The summed E-state index contributed by atoms with van der Waals surface area (Å²) in [4.78, 5) is 16.7. The van der Waals surface area contributed by atoms with Crippen molar-refractivity contribution in [2.75, 3.05) is 42.7 Å². The second-order valence-electron chi connectivity index (χ2n) is 6.00. The Hall–Kier alpha value is -3.63. The number of methoxy groups -OCH3 is 5. The monoisotopic (exact) mass is 492 g/mol. The highest BCUT2D eigenvalue weighted by Gasteiger charge is 2.09. The topological polar surface area (TPSA) is 118 Å². The normalized spacial score (nSPS) is 9.53. The molecule has 2 heterocycles. The van der Waals surface area contributed by atoms with Crippen LogP contribution >= 0.6 is 11.6 Å². The highest BCUT2D eigenvalue weighted by Crippen LogP contribution is 2.31. The number of nitrogens with zero attached hydrogens (tertiary/aromatic N) is 4. The van der Waals surface area contributed by atoms with Crippen LogP contribution in [0, 0.1) is 0 Å². The summed E-state index contributed by atoms with van der Waals surface area (Å²) in [5, 5.41) is 7.36. The van der Waals surface area contributed by atoms with E-state index in [2.05, 4.69) is 19.9 Å². The van der Waals surface area contributed by atoms with Gasteiger partial charge in [-0.05, 0) is 0 Å². The minimum Gasteiger partial charge on any atom is -0.493 e. The molecule has 0 aliphatic carbocycles. The zero-order valence-corrected chi connectivity index (χ0v) is 19.9. The van der Waals surface area contributed by atoms with Crippen molar-refractivity contribution in [1.29, 1.82) is 0 Å². The zero-order chi connectivity index (χ0) is 24.4. The Morgan fingerprint density at radius 2 is 0.971 bits per heavy atom. The number of aliphatic hydroxyl groups is 1. The molecule has 4 rings (SSSR count). The molecule has 2 aromatic carbocycles. The van der Waals surface area contributed by atoms with E-state index in [0.717, 1.165) is 18.1 Å². The molecule has 184 valence electrons. The highest BCUT2D eigenvalue weighted by atomic mass is 35.5. The van der Waals surface area contributed by atoms with Gasteiger partial charge in [0.05, 0.1) is 70.0 Å². The van der Waals surface area contributed by atoms with Gasteiger partial charge in [0.2, 0.25) is 5.88 Å². The number of fused-ring (bicyclic) bond motifs is 2. The lowest BCUT2D eigenvalue weighted by Crippen LogP contribution is -1.94. The molecule has 0 saturated heterocycles. The number of aromatic nitrogens is 4. The summed E-state index contributed by atoms with van der Waals surface area (Å²) in [6.07, 6.45) is 3.06. The van der Waals surface area contributed by atoms with Crippen LogP contribution in [0.25, 0.3) is 22.1 Å². The molecule has 0 radical (unpaired) electrons. The Morgan fingerprint density at radius 3 is 1.38 bits per heavy atom. The second-order valence-corrected chi connectivity index (χ2v) is 6.38. The lowest BCUT2D eigenvalue weighted by molar-refractivity contribution is 0.355. The molecule has 0 atom stereocenters. The lowest BCUT2D eigenvalue weighted by atomic mass is 10.2. The van der Waals surface area contributed by atoms with E-state index >= 15 is 0 Å². The van der Waals surface area contributed by atoms with Crippen molar-refractivity contribution in [3.05, 3.63) is 41.8 Å². The third-order valence-electron chi connectivity index (χ3n) is 4.25. The number of benzene rings is 2. The number of rotatable bonds is 5. The number of halogens is 1. The zero-order valence-electron chi connectivity index (χ0n) is 19.1. The van der Waals surface area contributed by atoms with Crippen LogP contribution in [0.2, 0.25) is 5.15 Å². The second kappa shape index (κ2) is 13.8. The average molecular weight is 493 g/mol. The van der Waals surface area contributed by atoms with Gasteiger partial charge in [-0.3, -0.25) is 4.98 Å². The van der Waals surface area contributed by atoms with Gasteiger partial charge in [-0.1, -0.05) is 19.0 Å². The molecule has 0 bridgehead atoms. The molecular formula is C23H29ClN4O6. The Kier molecular flexibility index (Phi) is 11.5. The minimum atomic E-state index is 0. The molecule has 11 heteroatoms. The Morgan fingerprint density at radius 1 is 0.588 bits per heavy atom. The Labute approximate surface area is 203 Å². The summed E-state index contributed by atoms with van der Waals surface area (Å²) >= 11 is 5.74. The number of hydrogen-bond donors (Lipinski definition) is 1. The van der Waals surface area contributed by atoms with Crippen LogP contribution in [0.5, 0.6) is 28.9 Å². The Bertz CT molecular complexity index is 1210. The number of ether oxygens (including phenoxy) is 5. The molecule has 0 amide bonds. The van der Waals surface area contributed by atoms with Gasteiger partial charge in [0.25, 0.3) is 0 Å². The molecule has 10 nitrogen and oxygen atoms in total. The van der Waals surface area contributed by atoms with E-state index in [1.165, 1.54) is 6.20 Å². The van der Waals surface area contributed by atoms with Gasteiger partial charge in [0, 0.05) is 31.4 Å². The fraction of sp³-hybridized carbons (Fsp3) is 0.304. The molecule has 1 N–H and O–H groups in total. The summed E-state index contributed by atoms with van der Waals surface area (Å²) in [5.74, 6) is 2.97. The van der Waals surface area contributed by atoms with E-state index in [1.54, 1.807) is 66.0 Å². The van der Waals surface area contributed by atoms with Crippen molar-refractivity contribution in [3.8, 4) is 28.9 Å².